The number of nitrogens with zero attached hydrogens (tertiary/aromatic N) is 1. The van der Waals surface area contributed by atoms with Crippen LogP contribution >= 0.6 is 0 Å². The maximum absolute atomic E-state index is 10.6. The Morgan fingerprint density at radius 1 is 1.82 bits per heavy atom. The molecular weight excluding hydrogens is 142 g/mol. The summed E-state index contributed by atoms with van der Waals surface area (Å²) >= 11 is 0. The molecule has 60 valence electrons. The van der Waals surface area contributed by atoms with Gasteiger partial charge in [0.2, 0.25) is 0 Å². The van der Waals surface area contributed by atoms with Crippen molar-refractivity contribution in [1.29, 1.82) is 0 Å². The second-order valence-electron chi connectivity index (χ2n) is 2.96. The summed E-state index contributed by atoms with van der Waals surface area (Å²) in [5.41, 5.74) is -0.564. The molecule has 1 atom stereocenters. The number of likely N-dealkylation sites (tertiary alicyclic amines) is 1. The highest BCUT2D eigenvalue weighted by Gasteiger charge is 2.37. The Hall–Kier alpha value is -1.17. The van der Waals surface area contributed by atoms with E-state index in [1.165, 1.54) is 4.90 Å². The van der Waals surface area contributed by atoms with Gasteiger partial charge < -0.3 is 5.11 Å². The molecule has 0 aromatic heterocycles. The fraction of sp³-hybridized carbons (Fsp3) is 0.625. The van der Waals surface area contributed by atoms with Crippen LogP contribution in [-0.4, -0.2) is 28.2 Å². The van der Waals surface area contributed by atoms with Crippen molar-refractivity contribution in [3.63, 3.8) is 0 Å². The van der Waals surface area contributed by atoms with Crippen LogP contribution < -0.4 is 0 Å². The molecule has 1 aliphatic heterocycles. The number of terminal acetylenes is 1. The molecule has 1 amide bonds. The maximum atomic E-state index is 10.6. The normalized spacial score (nSPS) is 30.0. The van der Waals surface area contributed by atoms with Crippen LogP contribution in [0, 0.1) is 12.3 Å². The first-order valence-corrected chi connectivity index (χ1v) is 3.58. The molecule has 0 saturated carbocycles. The number of carboxylic acid groups (broad SMARTS) is 1. The van der Waals surface area contributed by atoms with Gasteiger partial charge in [-0.2, -0.15) is 0 Å². The molecule has 0 aliphatic carbocycles. The SMILES string of the molecule is C#CC1(C)CCCN1C(=O)O. The molecule has 1 aliphatic rings. The van der Waals surface area contributed by atoms with Crippen molar-refractivity contribution in [1.82, 2.24) is 4.90 Å². The average Bonchev–Trinajstić information content (AvgIpc) is 2.32. The van der Waals surface area contributed by atoms with Crippen LogP contribution in [0.15, 0.2) is 0 Å². The zero-order chi connectivity index (χ0) is 8.48. The van der Waals surface area contributed by atoms with E-state index in [9.17, 15) is 4.79 Å². The van der Waals surface area contributed by atoms with E-state index in [0.29, 0.717) is 6.54 Å². The van der Waals surface area contributed by atoms with Gasteiger partial charge in [-0.1, -0.05) is 5.92 Å². The monoisotopic (exact) mass is 153 g/mol. The fourth-order valence-corrected chi connectivity index (χ4v) is 1.42. The zero-order valence-electron chi connectivity index (χ0n) is 6.50. The van der Waals surface area contributed by atoms with Crippen LogP contribution in [0.25, 0.3) is 0 Å². The minimum Gasteiger partial charge on any atom is -0.465 e. The summed E-state index contributed by atoms with van der Waals surface area (Å²) in [6, 6.07) is 0. The maximum Gasteiger partial charge on any atom is 0.408 e. The molecule has 1 saturated heterocycles. The Morgan fingerprint density at radius 2 is 2.45 bits per heavy atom. The predicted molar refractivity (Wildman–Crippen MR) is 41.2 cm³/mol. The second-order valence-corrected chi connectivity index (χ2v) is 2.96. The fourth-order valence-electron chi connectivity index (χ4n) is 1.42. The first-order valence-electron chi connectivity index (χ1n) is 3.58. The summed E-state index contributed by atoms with van der Waals surface area (Å²) in [7, 11) is 0. The Kier molecular flexibility index (Phi) is 1.77. The standard InChI is InChI=1S/C8H11NO2/c1-3-8(2)5-4-6-9(8)7(10)11/h1H,4-6H2,2H3,(H,10,11). The van der Waals surface area contributed by atoms with Gasteiger partial charge in [0.25, 0.3) is 0 Å². The Labute approximate surface area is 66.0 Å². The molecular formula is C8H11NO2. The van der Waals surface area contributed by atoms with E-state index in [1.807, 2.05) is 0 Å². The molecule has 1 fully saturated rings. The number of carbonyl (C=O) groups is 1. The number of hydrogen-bond acceptors (Lipinski definition) is 1. The summed E-state index contributed by atoms with van der Waals surface area (Å²) in [5, 5.41) is 8.71. The Bertz CT molecular complexity index is 219. The lowest BCUT2D eigenvalue weighted by Crippen LogP contribution is -2.43. The molecule has 1 N–H and O–H groups in total. The van der Waals surface area contributed by atoms with Crippen LogP contribution in [0.3, 0.4) is 0 Å². The highest BCUT2D eigenvalue weighted by atomic mass is 16.4. The van der Waals surface area contributed by atoms with E-state index in [-0.39, 0.29) is 0 Å². The van der Waals surface area contributed by atoms with Crippen molar-refractivity contribution in [3.8, 4) is 12.3 Å². The lowest BCUT2D eigenvalue weighted by molar-refractivity contribution is 0.129. The molecule has 0 aromatic rings. The molecule has 1 heterocycles. The number of amides is 1. The van der Waals surface area contributed by atoms with Crippen LogP contribution in [0.1, 0.15) is 19.8 Å². The van der Waals surface area contributed by atoms with Gasteiger partial charge in [0.1, 0.15) is 5.54 Å². The van der Waals surface area contributed by atoms with Gasteiger partial charge >= 0.3 is 6.09 Å². The van der Waals surface area contributed by atoms with Crippen molar-refractivity contribution in [2.24, 2.45) is 0 Å². The van der Waals surface area contributed by atoms with Crippen LogP contribution in [0.5, 0.6) is 0 Å². The summed E-state index contributed by atoms with van der Waals surface area (Å²) in [6.45, 7) is 2.35. The van der Waals surface area contributed by atoms with E-state index < -0.39 is 11.6 Å². The summed E-state index contributed by atoms with van der Waals surface area (Å²) < 4.78 is 0. The third-order valence-electron chi connectivity index (χ3n) is 2.18. The molecule has 0 aromatic carbocycles. The third kappa shape index (κ3) is 1.16. The summed E-state index contributed by atoms with van der Waals surface area (Å²) in [6.07, 6.45) is 5.97. The minimum absolute atomic E-state index is 0.564. The van der Waals surface area contributed by atoms with Gasteiger partial charge in [0.05, 0.1) is 0 Å². The smallest absolute Gasteiger partial charge is 0.408 e. The first kappa shape index (κ1) is 7.93. The molecule has 0 radical (unpaired) electrons. The van der Waals surface area contributed by atoms with Crippen molar-refractivity contribution >= 4 is 6.09 Å². The van der Waals surface area contributed by atoms with Crippen molar-refractivity contribution in [3.05, 3.63) is 0 Å². The van der Waals surface area contributed by atoms with Crippen LogP contribution in [0.2, 0.25) is 0 Å². The van der Waals surface area contributed by atoms with E-state index in [4.69, 9.17) is 11.5 Å². The van der Waals surface area contributed by atoms with Gasteiger partial charge in [0, 0.05) is 6.54 Å². The highest BCUT2D eigenvalue weighted by Crippen LogP contribution is 2.27. The molecule has 1 unspecified atom stereocenters. The third-order valence-corrected chi connectivity index (χ3v) is 2.18. The van der Waals surface area contributed by atoms with E-state index in [1.54, 1.807) is 6.92 Å². The predicted octanol–water partition coefficient (Wildman–Crippen LogP) is 1.15. The molecule has 0 spiro atoms. The van der Waals surface area contributed by atoms with Gasteiger partial charge in [-0.25, -0.2) is 4.79 Å². The van der Waals surface area contributed by atoms with Crippen molar-refractivity contribution < 1.29 is 9.90 Å². The lowest BCUT2D eigenvalue weighted by Gasteiger charge is -2.27. The summed E-state index contributed by atoms with van der Waals surface area (Å²) in [5.74, 6) is 2.52. The lowest BCUT2D eigenvalue weighted by atomic mass is 10.0. The molecule has 0 bridgehead atoms. The van der Waals surface area contributed by atoms with Gasteiger partial charge in [-0.05, 0) is 19.8 Å². The summed E-state index contributed by atoms with van der Waals surface area (Å²) in [4.78, 5) is 11.9. The molecule has 11 heavy (non-hydrogen) atoms. The molecule has 3 heteroatoms. The van der Waals surface area contributed by atoms with Gasteiger partial charge in [0.15, 0.2) is 0 Å². The Balaban J connectivity index is 2.82. The first-order chi connectivity index (χ1) is 5.10. The number of rotatable bonds is 0. The van der Waals surface area contributed by atoms with E-state index in [0.717, 1.165) is 12.8 Å². The van der Waals surface area contributed by atoms with E-state index in [2.05, 4.69) is 5.92 Å². The molecule has 3 nitrogen and oxygen atoms in total. The van der Waals surface area contributed by atoms with Crippen LogP contribution in [-0.2, 0) is 0 Å². The quantitative estimate of drug-likeness (QED) is 0.530. The Morgan fingerprint density at radius 3 is 2.82 bits per heavy atom. The average molecular weight is 153 g/mol. The molecule has 1 rings (SSSR count). The second kappa shape index (κ2) is 2.46. The highest BCUT2D eigenvalue weighted by molar-refractivity contribution is 5.67. The zero-order valence-corrected chi connectivity index (χ0v) is 6.50. The topological polar surface area (TPSA) is 40.5 Å². The van der Waals surface area contributed by atoms with E-state index >= 15 is 0 Å². The van der Waals surface area contributed by atoms with Crippen molar-refractivity contribution in [2.75, 3.05) is 6.54 Å². The number of hydrogen-bond donors (Lipinski definition) is 1. The van der Waals surface area contributed by atoms with Gasteiger partial charge in [-0.15, -0.1) is 6.42 Å². The van der Waals surface area contributed by atoms with Crippen molar-refractivity contribution in [2.45, 2.75) is 25.3 Å². The van der Waals surface area contributed by atoms with Gasteiger partial charge in [-0.3, -0.25) is 4.90 Å². The van der Waals surface area contributed by atoms with Crippen LogP contribution in [0.4, 0.5) is 4.79 Å². The minimum atomic E-state index is -0.914. The largest absolute Gasteiger partial charge is 0.465 e.